The average molecular weight is 446 g/mol. The molecular weight excluding hydrogens is 418 g/mol. The van der Waals surface area contributed by atoms with Gasteiger partial charge >= 0.3 is 0 Å². The van der Waals surface area contributed by atoms with Gasteiger partial charge in [-0.3, -0.25) is 19.5 Å². The Bertz CT molecular complexity index is 1160. The van der Waals surface area contributed by atoms with Gasteiger partial charge in [0.2, 0.25) is 0 Å². The number of nitrogens with one attached hydrogen (secondary N) is 1. The molecule has 0 bridgehead atoms. The highest BCUT2D eigenvalue weighted by atomic mass is 16.5. The molecule has 3 aromatic rings. The number of pyridine rings is 1. The Balaban J connectivity index is 1.36. The van der Waals surface area contributed by atoms with E-state index < -0.39 is 0 Å². The van der Waals surface area contributed by atoms with Crippen molar-refractivity contribution in [3.05, 3.63) is 76.9 Å². The molecule has 0 radical (unpaired) electrons. The van der Waals surface area contributed by atoms with Crippen molar-refractivity contribution >= 4 is 17.5 Å². The molecule has 1 N–H and O–H groups in total. The van der Waals surface area contributed by atoms with E-state index in [-0.39, 0.29) is 23.9 Å². The van der Waals surface area contributed by atoms with Crippen LogP contribution in [-0.2, 0) is 6.54 Å². The number of hydrogen-bond acceptors (Lipinski definition) is 6. The Kier molecular flexibility index (Phi) is 5.68. The molecule has 1 fully saturated rings. The Morgan fingerprint density at radius 1 is 1.15 bits per heavy atom. The van der Waals surface area contributed by atoms with E-state index in [1.165, 1.54) is 0 Å². The molecule has 8 nitrogen and oxygen atoms in total. The van der Waals surface area contributed by atoms with Crippen molar-refractivity contribution in [3.8, 4) is 0 Å². The molecule has 0 saturated carbocycles. The van der Waals surface area contributed by atoms with E-state index in [9.17, 15) is 9.59 Å². The summed E-state index contributed by atoms with van der Waals surface area (Å²) in [5.41, 5.74) is 3.75. The number of benzene rings is 1. The Hall–Kier alpha value is -3.52. The van der Waals surface area contributed by atoms with Crippen molar-refractivity contribution in [1.82, 2.24) is 20.4 Å². The fraction of sp³-hybridized carbons (Fsp3) is 0.360. The van der Waals surface area contributed by atoms with Gasteiger partial charge in [-0.25, -0.2) is 0 Å². The zero-order valence-corrected chi connectivity index (χ0v) is 18.8. The molecule has 0 unspecified atom stereocenters. The fourth-order valence-corrected chi connectivity index (χ4v) is 5.05. The van der Waals surface area contributed by atoms with Crippen LogP contribution in [0.1, 0.15) is 50.6 Å². The number of carbonyl (C=O) groups excluding carboxylic acids is 2. The van der Waals surface area contributed by atoms with Crippen LogP contribution in [-0.4, -0.2) is 52.0 Å². The zero-order valence-electron chi connectivity index (χ0n) is 18.8. The first-order valence-corrected chi connectivity index (χ1v) is 11.3. The summed E-state index contributed by atoms with van der Waals surface area (Å²) in [6.45, 7) is 5.41. The third-order valence-corrected chi connectivity index (χ3v) is 6.71. The summed E-state index contributed by atoms with van der Waals surface area (Å²) in [6, 6.07) is 12.1. The summed E-state index contributed by atoms with van der Waals surface area (Å²) in [6.07, 6.45) is 5.23. The summed E-state index contributed by atoms with van der Waals surface area (Å²) in [5.74, 6) is 0.341. The molecule has 33 heavy (non-hydrogen) atoms. The number of anilines is 1. The maximum Gasteiger partial charge on any atom is 0.259 e. The van der Waals surface area contributed by atoms with Crippen LogP contribution in [0.5, 0.6) is 0 Å². The van der Waals surface area contributed by atoms with E-state index in [1.807, 2.05) is 29.2 Å². The van der Waals surface area contributed by atoms with Crippen LogP contribution in [0.25, 0.3) is 0 Å². The summed E-state index contributed by atoms with van der Waals surface area (Å²) in [7, 11) is 0. The number of aryl methyl sites for hydroxylation is 2. The Morgan fingerprint density at radius 2 is 2.00 bits per heavy atom. The van der Waals surface area contributed by atoms with Crippen molar-refractivity contribution in [2.45, 2.75) is 45.3 Å². The van der Waals surface area contributed by atoms with Gasteiger partial charge < -0.3 is 14.7 Å². The summed E-state index contributed by atoms with van der Waals surface area (Å²) < 4.78 is 5.14. The number of nitrogens with zero attached hydrogens (tertiary/aromatic N) is 4. The van der Waals surface area contributed by atoms with Gasteiger partial charge in [-0.05, 0) is 50.5 Å². The highest BCUT2D eigenvalue weighted by Gasteiger charge is 2.39. The molecule has 2 amide bonds. The summed E-state index contributed by atoms with van der Waals surface area (Å²) in [5, 5.41) is 6.96. The lowest BCUT2D eigenvalue weighted by atomic mass is 10.1. The van der Waals surface area contributed by atoms with Crippen molar-refractivity contribution < 1.29 is 14.1 Å². The number of aromatic nitrogens is 2. The highest BCUT2D eigenvalue weighted by Crippen LogP contribution is 2.35. The molecule has 0 spiro atoms. The smallest absolute Gasteiger partial charge is 0.259 e. The van der Waals surface area contributed by atoms with Crippen LogP contribution in [0.15, 0.2) is 53.3 Å². The van der Waals surface area contributed by atoms with Crippen molar-refractivity contribution in [1.29, 1.82) is 0 Å². The predicted molar refractivity (Wildman–Crippen MR) is 123 cm³/mol. The summed E-state index contributed by atoms with van der Waals surface area (Å²) >= 11 is 0. The average Bonchev–Trinajstić information content (AvgIpc) is 3.32. The first-order valence-electron chi connectivity index (χ1n) is 11.3. The second-order valence-electron chi connectivity index (χ2n) is 8.75. The summed E-state index contributed by atoms with van der Waals surface area (Å²) in [4.78, 5) is 34.6. The van der Waals surface area contributed by atoms with Gasteiger partial charge in [-0.2, -0.15) is 0 Å². The van der Waals surface area contributed by atoms with Crippen LogP contribution in [0.2, 0.25) is 0 Å². The molecule has 8 heteroatoms. The van der Waals surface area contributed by atoms with E-state index >= 15 is 0 Å². The normalized spacial score (nSPS) is 20.1. The monoisotopic (exact) mass is 445 g/mol. The zero-order chi connectivity index (χ0) is 22.9. The maximum atomic E-state index is 13.4. The second kappa shape index (κ2) is 8.78. The SMILES string of the molecule is Cc1noc(C)c1C(=O)NC[C@@H]1CC[C@H]2CN(C(=O)c3cccnc3)c3ccccc3CN12. The van der Waals surface area contributed by atoms with Crippen LogP contribution in [0.3, 0.4) is 0 Å². The van der Waals surface area contributed by atoms with Gasteiger partial charge in [0.1, 0.15) is 11.3 Å². The highest BCUT2D eigenvalue weighted by molar-refractivity contribution is 6.06. The van der Waals surface area contributed by atoms with Crippen molar-refractivity contribution in [2.24, 2.45) is 0 Å². The molecule has 4 heterocycles. The number of fused-ring (bicyclic) bond motifs is 2. The van der Waals surface area contributed by atoms with Crippen LogP contribution >= 0.6 is 0 Å². The molecule has 2 aliphatic rings. The third-order valence-electron chi connectivity index (χ3n) is 6.71. The van der Waals surface area contributed by atoms with Crippen LogP contribution in [0, 0.1) is 13.8 Å². The second-order valence-corrected chi connectivity index (χ2v) is 8.75. The first-order chi connectivity index (χ1) is 16.0. The number of para-hydroxylation sites is 1. The van der Waals surface area contributed by atoms with Gasteiger partial charge in [0.25, 0.3) is 11.8 Å². The standard InChI is InChI=1S/C25H27N5O3/c1-16-23(17(2)33-28-16)24(31)27-13-20-9-10-21-15-30(25(32)18-7-5-11-26-12-18)22-8-4-3-6-19(22)14-29(20)21/h3-8,11-12,20-21H,9-10,13-15H2,1-2H3,(H,27,31)/t20-,21-/m0/s1. The van der Waals surface area contributed by atoms with Crippen molar-refractivity contribution in [2.75, 3.05) is 18.0 Å². The molecule has 2 aliphatic heterocycles. The minimum absolute atomic E-state index is 0.0347. The largest absolute Gasteiger partial charge is 0.361 e. The predicted octanol–water partition coefficient (Wildman–Crippen LogP) is 3.11. The van der Waals surface area contributed by atoms with Crippen LogP contribution in [0.4, 0.5) is 5.69 Å². The minimum Gasteiger partial charge on any atom is -0.361 e. The molecule has 2 atom stereocenters. The molecule has 1 aromatic carbocycles. The lowest BCUT2D eigenvalue weighted by Crippen LogP contribution is -2.46. The molecule has 2 aromatic heterocycles. The van der Waals surface area contributed by atoms with E-state index in [0.29, 0.717) is 35.7 Å². The van der Waals surface area contributed by atoms with Gasteiger partial charge in [0.15, 0.2) is 0 Å². The number of rotatable bonds is 4. The lowest BCUT2D eigenvalue weighted by Gasteiger charge is -2.29. The minimum atomic E-state index is -0.154. The van der Waals surface area contributed by atoms with Gasteiger partial charge in [0.05, 0.1) is 11.3 Å². The molecule has 0 aliphatic carbocycles. The van der Waals surface area contributed by atoms with E-state index in [1.54, 1.807) is 32.3 Å². The Morgan fingerprint density at radius 3 is 2.76 bits per heavy atom. The van der Waals surface area contributed by atoms with E-state index in [2.05, 4.69) is 26.4 Å². The van der Waals surface area contributed by atoms with Gasteiger partial charge in [-0.15, -0.1) is 0 Å². The van der Waals surface area contributed by atoms with E-state index in [4.69, 9.17) is 4.52 Å². The van der Waals surface area contributed by atoms with Gasteiger partial charge in [0, 0.05) is 49.8 Å². The number of amides is 2. The molecule has 170 valence electrons. The van der Waals surface area contributed by atoms with E-state index in [0.717, 1.165) is 30.6 Å². The maximum absolute atomic E-state index is 13.4. The first kappa shape index (κ1) is 21.3. The number of hydrogen-bond donors (Lipinski definition) is 1. The number of carbonyl (C=O) groups is 2. The van der Waals surface area contributed by atoms with Crippen molar-refractivity contribution in [3.63, 3.8) is 0 Å². The third kappa shape index (κ3) is 4.02. The topological polar surface area (TPSA) is 91.6 Å². The van der Waals surface area contributed by atoms with Gasteiger partial charge in [-0.1, -0.05) is 23.4 Å². The van der Waals surface area contributed by atoms with Crippen LogP contribution < -0.4 is 10.2 Å². The Labute approximate surface area is 192 Å². The molecule has 1 saturated heterocycles. The molecule has 5 rings (SSSR count). The quantitative estimate of drug-likeness (QED) is 0.664. The fourth-order valence-electron chi connectivity index (χ4n) is 5.05. The lowest BCUT2D eigenvalue weighted by molar-refractivity contribution is 0.0932. The molecular formula is C25H27N5O3.